The molecule has 0 saturated carbocycles. The van der Waals surface area contributed by atoms with E-state index in [0.29, 0.717) is 23.4 Å². The summed E-state index contributed by atoms with van der Waals surface area (Å²) < 4.78 is 1.98. The number of carbonyl (C=O) groups excluding carboxylic acids is 2. The Morgan fingerprint density at radius 1 is 0.935 bits per heavy atom. The van der Waals surface area contributed by atoms with Crippen LogP contribution in [0.25, 0.3) is 5.52 Å². The van der Waals surface area contributed by atoms with Gasteiger partial charge in [-0.3, -0.25) is 14.6 Å². The highest BCUT2D eigenvalue weighted by Gasteiger charge is 2.21. The number of Topliss-reactive ketones (excluding diaryl/α,β-unsaturated/α-hetero) is 2. The summed E-state index contributed by atoms with van der Waals surface area (Å²) in [6.07, 6.45) is 8.81. The molecule has 0 fully saturated rings. The third kappa shape index (κ3) is 5.09. The Hall–Kier alpha value is -3.24. The minimum absolute atomic E-state index is 0.260. The van der Waals surface area contributed by atoms with Crippen molar-refractivity contribution in [2.75, 3.05) is 0 Å². The van der Waals surface area contributed by atoms with Gasteiger partial charge in [-0.05, 0) is 66.8 Å². The SMILES string of the molecule is O=C(CCCCc1cccnc1)C(=O)c1cc(Cc2ccc(Cl)cc2)n2ccccc12. The van der Waals surface area contributed by atoms with Crippen molar-refractivity contribution in [1.82, 2.24) is 9.38 Å². The number of nitrogens with zero attached hydrogens (tertiary/aromatic N) is 2. The number of rotatable bonds is 9. The van der Waals surface area contributed by atoms with E-state index in [2.05, 4.69) is 4.98 Å². The zero-order valence-electron chi connectivity index (χ0n) is 17.1. The molecule has 0 amide bonds. The van der Waals surface area contributed by atoms with Crippen molar-refractivity contribution in [1.29, 1.82) is 0 Å². The summed E-state index contributed by atoms with van der Waals surface area (Å²) in [5, 5.41) is 0.689. The van der Waals surface area contributed by atoms with Gasteiger partial charge in [-0.15, -0.1) is 0 Å². The number of hydrogen-bond acceptors (Lipinski definition) is 3. The van der Waals surface area contributed by atoms with Crippen LogP contribution in [-0.4, -0.2) is 21.0 Å². The van der Waals surface area contributed by atoms with Gasteiger partial charge in [-0.2, -0.15) is 0 Å². The molecule has 31 heavy (non-hydrogen) atoms. The topological polar surface area (TPSA) is 51.4 Å². The van der Waals surface area contributed by atoms with E-state index in [1.807, 2.05) is 77.5 Å². The third-order valence-electron chi connectivity index (χ3n) is 5.39. The van der Waals surface area contributed by atoms with Crippen molar-refractivity contribution >= 4 is 28.7 Å². The quantitative estimate of drug-likeness (QED) is 0.193. The van der Waals surface area contributed by atoms with E-state index in [0.717, 1.165) is 35.2 Å². The van der Waals surface area contributed by atoms with Crippen molar-refractivity contribution in [3.05, 3.63) is 107 Å². The molecule has 0 radical (unpaired) electrons. The maximum Gasteiger partial charge on any atom is 0.230 e. The van der Waals surface area contributed by atoms with Gasteiger partial charge in [0.05, 0.1) is 11.1 Å². The van der Waals surface area contributed by atoms with E-state index in [-0.39, 0.29) is 12.2 Å². The molecule has 0 aliphatic heterocycles. The number of aromatic nitrogens is 2. The van der Waals surface area contributed by atoms with Crippen LogP contribution in [0, 0.1) is 0 Å². The summed E-state index contributed by atoms with van der Waals surface area (Å²) in [6.45, 7) is 0. The van der Waals surface area contributed by atoms with Gasteiger partial charge in [0, 0.05) is 42.1 Å². The fourth-order valence-corrected chi connectivity index (χ4v) is 3.90. The first-order valence-corrected chi connectivity index (χ1v) is 10.8. The first-order chi connectivity index (χ1) is 15.1. The molecule has 0 aliphatic carbocycles. The van der Waals surface area contributed by atoms with Crippen molar-refractivity contribution in [2.24, 2.45) is 0 Å². The van der Waals surface area contributed by atoms with Crippen molar-refractivity contribution in [3.8, 4) is 0 Å². The molecule has 0 aliphatic rings. The van der Waals surface area contributed by atoms with Crippen molar-refractivity contribution < 1.29 is 9.59 Å². The first-order valence-electron chi connectivity index (χ1n) is 10.4. The lowest BCUT2D eigenvalue weighted by Gasteiger charge is -2.03. The lowest BCUT2D eigenvalue weighted by atomic mass is 10.0. The molecule has 0 spiro atoms. The van der Waals surface area contributed by atoms with Crippen LogP contribution in [0.5, 0.6) is 0 Å². The zero-order valence-corrected chi connectivity index (χ0v) is 17.9. The minimum Gasteiger partial charge on any atom is -0.320 e. The number of unbranched alkanes of at least 4 members (excludes halogenated alkanes) is 1. The largest absolute Gasteiger partial charge is 0.320 e. The van der Waals surface area contributed by atoms with Gasteiger partial charge in [0.1, 0.15) is 0 Å². The van der Waals surface area contributed by atoms with Gasteiger partial charge >= 0.3 is 0 Å². The highest BCUT2D eigenvalue weighted by molar-refractivity contribution is 6.45. The number of hydrogen-bond donors (Lipinski definition) is 0. The van der Waals surface area contributed by atoms with Crippen LogP contribution in [0.2, 0.25) is 5.02 Å². The van der Waals surface area contributed by atoms with Crippen molar-refractivity contribution in [3.63, 3.8) is 0 Å². The molecule has 0 atom stereocenters. The van der Waals surface area contributed by atoms with Crippen LogP contribution in [0.15, 0.2) is 79.3 Å². The first kappa shape index (κ1) is 21.0. The summed E-state index contributed by atoms with van der Waals surface area (Å²) in [6, 6.07) is 19.1. The summed E-state index contributed by atoms with van der Waals surface area (Å²) in [5.74, 6) is -0.743. The number of halogens is 1. The lowest BCUT2D eigenvalue weighted by Crippen LogP contribution is -2.13. The Labute approximate surface area is 186 Å². The molecule has 4 nitrogen and oxygen atoms in total. The Morgan fingerprint density at radius 3 is 2.55 bits per heavy atom. The van der Waals surface area contributed by atoms with E-state index in [4.69, 9.17) is 11.6 Å². The number of fused-ring (bicyclic) bond motifs is 1. The molecule has 3 aromatic heterocycles. The molecule has 0 bridgehead atoms. The van der Waals surface area contributed by atoms with Crippen LogP contribution < -0.4 is 0 Å². The third-order valence-corrected chi connectivity index (χ3v) is 5.65. The van der Waals surface area contributed by atoms with E-state index in [9.17, 15) is 9.59 Å². The average molecular weight is 431 g/mol. The second-order valence-electron chi connectivity index (χ2n) is 7.63. The Bertz CT molecular complexity index is 1200. The molecule has 0 saturated heterocycles. The van der Waals surface area contributed by atoms with Crippen LogP contribution >= 0.6 is 11.6 Å². The van der Waals surface area contributed by atoms with Gasteiger partial charge in [0.2, 0.25) is 11.6 Å². The van der Waals surface area contributed by atoms with Gasteiger partial charge < -0.3 is 4.40 Å². The van der Waals surface area contributed by atoms with Crippen LogP contribution in [-0.2, 0) is 17.6 Å². The number of pyridine rings is 2. The van der Waals surface area contributed by atoms with Gasteiger partial charge in [0.25, 0.3) is 0 Å². The Kier molecular flexibility index (Phi) is 6.58. The van der Waals surface area contributed by atoms with E-state index < -0.39 is 5.78 Å². The fraction of sp³-hybridized carbons (Fsp3) is 0.192. The molecule has 3 heterocycles. The average Bonchev–Trinajstić information content (AvgIpc) is 3.17. The number of carbonyl (C=O) groups is 2. The Balaban J connectivity index is 1.45. The standard InChI is InChI=1S/C26H23ClN2O2/c27-21-12-10-19(11-13-21)16-22-17-23(24-8-3-4-15-29(22)24)26(31)25(30)9-2-1-6-20-7-5-14-28-18-20/h3-5,7-8,10-15,17-18H,1-2,6,9,16H2. The summed E-state index contributed by atoms with van der Waals surface area (Å²) >= 11 is 5.99. The second-order valence-corrected chi connectivity index (χ2v) is 8.07. The molecular weight excluding hydrogens is 408 g/mol. The molecule has 1 aromatic carbocycles. The normalized spacial score (nSPS) is 11.0. The van der Waals surface area contributed by atoms with E-state index >= 15 is 0 Å². The second kappa shape index (κ2) is 9.71. The summed E-state index contributed by atoms with van der Waals surface area (Å²) in [5.41, 5.74) is 4.44. The lowest BCUT2D eigenvalue weighted by molar-refractivity contribution is -0.115. The van der Waals surface area contributed by atoms with Gasteiger partial charge in [-0.25, -0.2) is 0 Å². The smallest absolute Gasteiger partial charge is 0.230 e. The highest BCUT2D eigenvalue weighted by atomic mass is 35.5. The number of ketones is 2. The maximum atomic E-state index is 12.9. The van der Waals surface area contributed by atoms with E-state index in [1.54, 1.807) is 6.20 Å². The van der Waals surface area contributed by atoms with Crippen molar-refractivity contribution in [2.45, 2.75) is 32.1 Å². The summed E-state index contributed by atoms with van der Waals surface area (Å²) in [4.78, 5) is 29.7. The molecule has 4 aromatic rings. The molecule has 4 rings (SSSR count). The van der Waals surface area contributed by atoms with E-state index in [1.165, 1.54) is 0 Å². The monoisotopic (exact) mass is 430 g/mol. The predicted molar refractivity (Wildman–Crippen MR) is 123 cm³/mol. The molecule has 0 N–H and O–H groups in total. The highest BCUT2D eigenvalue weighted by Crippen LogP contribution is 2.22. The zero-order chi connectivity index (χ0) is 21.6. The molecule has 156 valence electrons. The number of aryl methyl sites for hydroxylation is 1. The minimum atomic E-state index is -0.410. The van der Waals surface area contributed by atoms with Gasteiger partial charge in [-0.1, -0.05) is 35.9 Å². The predicted octanol–water partition coefficient (Wildman–Crippen LogP) is 5.74. The maximum absolute atomic E-state index is 12.9. The van der Waals surface area contributed by atoms with Gasteiger partial charge in [0.15, 0.2) is 0 Å². The summed E-state index contributed by atoms with van der Waals surface area (Å²) in [7, 11) is 0. The molecule has 0 unspecified atom stereocenters. The fourth-order valence-electron chi connectivity index (χ4n) is 3.78. The Morgan fingerprint density at radius 2 is 1.77 bits per heavy atom. The molecular formula is C26H23ClN2O2. The van der Waals surface area contributed by atoms with Crippen LogP contribution in [0.1, 0.15) is 46.4 Å². The van der Waals surface area contributed by atoms with Crippen LogP contribution in [0.3, 0.4) is 0 Å². The number of benzene rings is 1. The molecule has 5 heteroatoms. The van der Waals surface area contributed by atoms with Crippen LogP contribution in [0.4, 0.5) is 0 Å².